The van der Waals surface area contributed by atoms with Crippen molar-refractivity contribution < 1.29 is 60.1 Å². The van der Waals surface area contributed by atoms with Gasteiger partial charge in [0, 0.05) is 6.20 Å². The molecule has 234 valence electrons. The molecule has 0 spiro atoms. The SMILES string of the molecule is CC(C)OC(=O)[C@H](C)NP(=O)(OC[C@@]1(C(F)F)O[C@@H](N2C=C(F)C(=O)CC2=O)[C@H](O)[C@H]1F)Oc1ccc2ccccc2c1. The largest absolute Gasteiger partial charge is 0.462 e. The van der Waals surface area contributed by atoms with E-state index in [2.05, 4.69) is 5.09 Å². The Hall–Kier alpha value is -3.36. The first-order valence-corrected chi connectivity index (χ1v) is 14.6. The summed E-state index contributed by atoms with van der Waals surface area (Å²) in [4.78, 5) is 36.5. The minimum Gasteiger partial charge on any atom is -0.462 e. The molecule has 0 aromatic heterocycles. The third-order valence-corrected chi connectivity index (χ3v) is 8.25. The minimum absolute atomic E-state index is 0.0729. The molecule has 1 amide bonds. The number of benzene rings is 2. The van der Waals surface area contributed by atoms with Crippen molar-refractivity contribution in [3.05, 3.63) is 54.5 Å². The van der Waals surface area contributed by atoms with E-state index in [4.69, 9.17) is 18.5 Å². The van der Waals surface area contributed by atoms with Crippen LogP contribution in [0, 0.1) is 0 Å². The molecule has 0 bridgehead atoms. The molecule has 4 rings (SSSR count). The van der Waals surface area contributed by atoms with Gasteiger partial charge in [-0.05, 0) is 43.7 Å². The molecule has 16 heteroatoms. The van der Waals surface area contributed by atoms with Gasteiger partial charge in [-0.2, -0.15) is 5.09 Å². The van der Waals surface area contributed by atoms with Gasteiger partial charge in [-0.15, -0.1) is 0 Å². The van der Waals surface area contributed by atoms with Crippen LogP contribution in [0.25, 0.3) is 10.8 Å². The van der Waals surface area contributed by atoms with Gasteiger partial charge < -0.3 is 19.1 Å². The van der Waals surface area contributed by atoms with Crippen LogP contribution in [0.1, 0.15) is 27.2 Å². The molecular weight excluding hydrogens is 603 g/mol. The fraction of sp³-hybridized carbons (Fsp3) is 0.444. The van der Waals surface area contributed by atoms with E-state index in [1.165, 1.54) is 19.1 Å². The lowest BCUT2D eigenvalue weighted by Gasteiger charge is -2.33. The number of carbonyl (C=O) groups is 3. The number of aliphatic hydroxyl groups excluding tert-OH is 1. The summed E-state index contributed by atoms with van der Waals surface area (Å²) in [6.07, 6.45) is -12.6. The second kappa shape index (κ2) is 12.7. The fourth-order valence-corrected chi connectivity index (χ4v) is 5.94. The summed E-state index contributed by atoms with van der Waals surface area (Å²) in [7, 11) is -4.85. The number of amides is 1. The Labute approximate surface area is 243 Å². The second-order valence-electron chi connectivity index (χ2n) is 10.2. The van der Waals surface area contributed by atoms with Crippen LogP contribution in [-0.4, -0.2) is 76.9 Å². The average Bonchev–Trinajstić information content (AvgIpc) is 3.19. The number of fused-ring (bicyclic) bond motifs is 1. The van der Waals surface area contributed by atoms with Crippen LogP contribution in [0.5, 0.6) is 5.75 Å². The highest BCUT2D eigenvalue weighted by molar-refractivity contribution is 7.52. The topological polar surface area (TPSA) is 141 Å². The van der Waals surface area contributed by atoms with Crippen LogP contribution in [-0.2, 0) is 32.9 Å². The highest BCUT2D eigenvalue weighted by atomic mass is 31.2. The molecule has 2 aromatic rings. The molecule has 2 N–H and O–H groups in total. The fourth-order valence-electron chi connectivity index (χ4n) is 4.42. The molecule has 6 atom stereocenters. The van der Waals surface area contributed by atoms with Crippen molar-refractivity contribution in [3.8, 4) is 5.75 Å². The van der Waals surface area contributed by atoms with Gasteiger partial charge in [0.05, 0.1) is 19.1 Å². The molecule has 2 heterocycles. The van der Waals surface area contributed by atoms with Crippen molar-refractivity contribution >= 4 is 36.2 Å². The van der Waals surface area contributed by atoms with Crippen LogP contribution in [0.4, 0.5) is 17.6 Å². The number of halogens is 4. The summed E-state index contributed by atoms with van der Waals surface area (Å²) < 4.78 is 93.2. The van der Waals surface area contributed by atoms with Gasteiger partial charge in [0.25, 0.3) is 6.43 Å². The van der Waals surface area contributed by atoms with Crippen molar-refractivity contribution in [1.82, 2.24) is 9.99 Å². The minimum atomic E-state index is -4.85. The van der Waals surface area contributed by atoms with Crippen molar-refractivity contribution in [2.45, 2.75) is 69.9 Å². The lowest BCUT2D eigenvalue weighted by Crippen LogP contribution is -2.51. The molecule has 0 saturated carbocycles. The molecule has 1 fully saturated rings. The van der Waals surface area contributed by atoms with Crippen molar-refractivity contribution in [2.24, 2.45) is 0 Å². The lowest BCUT2D eigenvalue weighted by molar-refractivity contribution is -0.193. The van der Waals surface area contributed by atoms with Gasteiger partial charge in [-0.1, -0.05) is 30.3 Å². The highest BCUT2D eigenvalue weighted by Gasteiger charge is 2.64. The zero-order valence-electron chi connectivity index (χ0n) is 23.1. The number of rotatable bonds is 11. The zero-order valence-corrected chi connectivity index (χ0v) is 24.0. The Morgan fingerprint density at radius 2 is 1.86 bits per heavy atom. The van der Waals surface area contributed by atoms with Gasteiger partial charge in [0.2, 0.25) is 11.7 Å². The number of esters is 1. The van der Waals surface area contributed by atoms with E-state index >= 15 is 4.39 Å². The van der Waals surface area contributed by atoms with Crippen LogP contribution in [0.2, 0.25) is 0 Å². The third-order valence-electron chi connectivity index (χ3n) is 6.62. The molecule has 2 aromatic carbocycles. The molecule has 0 radical (unpaired) electrons. The lowest BCUT2D eigenvalue weighted by atomic mass is 9.98. The van der Waals surface area contributed by atoms with Crippen molar-refractivity contribution in [1.29, 1.82) is 0 Å². The molecule has 11 nitrogen and oxygen atoms in total. The van der Waals surface area contributed by atoms with Gasteiger partial charge in [0.15, 0.2) is 23.8 Å². The smallest absolute Gasteiger partial charge is 0.459 e. The second-order valence-corrected chi connectivity index (χ2v) is 11.9. The summed E-state index contributed by atoms with van der Waals surface area (Å²) in [6.45, 7) is 2.82. The number of nitrogens with zero attached hydrogens (tertiary/aromatic N) is 1. The Morgan fingerprint density at radius 1 is 1.19 bits per heavy atom. The predicted molar refractivity (Wildman–Crippen MR) is 142 cm³/mol. The van der Waals surface area contributed by atoms with Crippen LogP contribution in [0.15, 0.2) is 54.5 Å². The maximum absolute atomic E-state index is 15.4. The Kier molecular flexibility index (Phi) is 9.62. The summed E-state index contributed by atoms with van der Waals surface area (Å²) in [5, 5.41) is 14.1. The van der Waals surface area contributed by atoms with Crippen molar-refractivity contribution in [2.75, 3.05) is 6.61 Å². The first kappa shape index (κ1) is 32.6. The average molecular weight is 633 g/mol. The van der Waals surface area contributed by atoms with Crippen molar-refractivity contribution in [3.63, 3.8) is 0 Å². The van der Waals surface area contributed by atoms with E-state index in [1.807, 2.05) is 0 Å². The van der Waals surface area contributed by atoms with Crippen LogP contribution in [0.3, 0.4) is 0 Å². The number of hydrogen-bond acceptors (Lipinski definition) is 9. The standard InChI is InChI=1S/C27H29F4N2O9P/c1-14(2)40-25(37)15(3)32-43(38,42-18-9-8-16-6-4-5-7-17(16)10-18)39-13-27(26(30)31)23(29)22(36)24(41-27)33-12-19(28)20(34)11-21(33)35/h4-10,12,14-15,22-24,26,36H,11,13H2,1-3H3,(H,32,38)/t15-,22+,23+,24+,27+,43?/m0/s1. The molecule has 2 aliphatic rings. The maximum Gasteiger partial charge on any atom is 0.459 e. The van der Waals surface area contributed by atoms with Crippen LogP contribution >= 0.6 is 7.75 Å². The van der Waals surface area contributed by atoms with Gasteiger partial charge in [0.1, 0.15) is 17.9 Å². The summed E-state index contributed by atoms with van der Waals surface area (Å²) in [5.41, 5.74) is -3.35. The van der Waals surface area contributed by atoms with E-state index in [-0.39, 0.29) is 5.75 Å². The van der Waals surface area contributed by atoms with E-state index in [0.29, 0.717) is 16.5 Å². The Bertz CT molecular complexity index is 1470. The summed E-state index contributed by atoms with van der Waals surface area (Å²) >= 11 is 0. The molecular formula is C27H29F4N2O9P. The summed E-state index contributed by atoms with van der Waals surface area (Å²) in [5.74, 6) is -4.74. The van der Waals surface area contributed by atoms with Crippen LogP contribution < -0.4 is 9.61 Å². The monoisotopic (exact) mass is 632 g/mol. The Balaban J connectivity index is 1.63. The number of alkyl halides is 3. The third kappa shape index (κ3) is 6.91. The molecule has 43 heavy (non-hydrogen) atoms. The number of Topliss-reactive ketones (excluding diaryl/α,β-unsaturated/α-hetero) is 1. The number of nitrogens with one attached hydrogen (secondary N) is 1. The van der Waals surface area contributed by atoms with E-state index in [1.54, 1.807) is 44.2 Å². The zero-order chi connectivity index (χ0) is 31.7. The van der Waals surface area contributed by atoms with E-state index in [0.717, 1.165) is 5.39 Å². The number of ether oxygens (including phenoxy) is 2. The predicted octanol–water partition coefficient (Wildman–Crippen LogP) is 3.94. The normalized spacial score (nSPS) is 26.5. The molecule has 1 saturated heterocycles. The molecule has 1 unspecified atom stereocenters. The quantitative estimate of drug-likeness (QED) is 0.162. The summed E-state index contributed by atoms with van der Waals surface area (Å²) in [6, 6.07) is 10.1. The number of hydrogen-bond donors (Lipinski definition) is 2. The molecule has 0 aliphatic carbocycles. The van der Waals surface area contributed by atoms with Gasteiger partial charge >= 0.3 is 13.7 Å². The highest BCUT2D eigenvalue weighted by Crippen LogP contribution is 2.49. The van der Waals surface area contributed by atoms with Gasteiger partial charge in [-0.3, -0.25) is 23.8 Å². The Morgan fingerprint density at radius 3 is 2.51 bits per heavy atom. The maximum atomic E-state index is 15.4. The number of ketones is 1. The van der Waals surface area contributed by atoms with E-state index in [9.17, 15) is 37.2 Å². The number of carbonyl (C=O) groups excluding carboxylic acids is 3. The van der Waals surface area contributed by atoms with Gasteiger partial charge in [-0.25, -0.2) is 22.1 Å². The van der Waals surface area contributed by atoms with E-state index < -0.39 is 86.9 Å². The molecule has 2 aliphatic heterocycles. The number of aliphatic hydroxyl groups is 1. The number of allylic oxidation sites excluding steroid dienone is 1. The first-order chi connectivity index (χ1) is 20.2. The first-order valence-electron chi connectivity index (χ1n) is 13.1.